The minimum Gasteiger partial charge on any atom is -0.480 e. The Balaban J connectivity index is 4.88. The zero-order chi connectivity index (χ0) is 23.6. The highest BCUT2D eigenvalue weighted by atomic mass is 16.4. The van der Waals surface area contributed by atoms with Crippen LogP contribution < -0.4 is 0 Å². The second kappa shape index (κ2) is 17.0. The van der Waals surface area contributed by atoms with Crippen LogP contribution in [-0.4, -0.2) is 118 Å². The number of hydrogen-bond acceptors (Lipinski definition) is 8. The van der Waals surface area contributed by atoms with Gasteiger partial charge in [-0.3, -0.25) is 29.0 Å². The molecule has 0 aliphatic carbocycles. The molecule has 0 unspecified atom stereocenters. The summed E-state index contributed by atoms with van der Waals surface area (Å²) in [5, 5.41) is 44.4. The molecule has 4 N–H and O–H groups in total. The second-order valence-corrected chi connectivity index (χ2v) is 7.16. The number of unbranched alkanes of at least 4 members (excludes halogenated alkanes) is 4. The highest BCUT2D eigenvalue weighted by molar-refractivity contribution is 5.73. The number of nitrogens with zero attached hydrogens (tertiary/aromatic N) is 4. The van der Waals surface area contributed by atoms with E-state index in [1.54, 1.807) is 0 Å². The average Bonchev–Trinajstić information content (AvgIpc) is 2.63. The summed E-state index contributed by atoms with van der Waals surface area (Å²) in [4.78, 5) is 48.4. The predicted molar refractivity (Wildman–Crippen MR) is 109 cm³/mol. The van der Waals surface area contributed by atoms with Gasteiger partial charge in [0.1, 0.15) is 0 Å². The van der Waals surface area contributed by atoms with Crippen molar-refractivity contribution in [1.82, 2.24) is 14.7 Å². The molecule has 0 saturated carbocycles. The van der Waals surface area contributed by atoms with Gasteiger partial charge in [0.2, 0.25) is 0 Å². The van der Waals surface area contributed by atoms with Crippen LogP contribution in [0.2, 0.25) is 0 Å². The minimum atomic E-state index is -1.14. The Morgan fingerprint density at radius 1 is 0.548 bits per heavy atom. The van der Waals surface area contributed by atoms with E-state index in [9.17, 15) is 19.2 Å². The summed E-state index contributed by atoms with van der Waals surface area (Å²) >= 11 is 0. The van der Waals surface area contributed by atoms with Crippen LogP contribution in [0.25, 0.3) is 0 Å². The quantitative estimate of drug-likeness (QED) is 0.180. The molecule has 0 aromatic rings. The van der Waals surface area contributed by atoms with Crippen LogP contribution in [0.5, 0.6) is 0 Å². The maximum Gasteiger partial charge on any atom is 0.317 e. The molecule has 0 heterocycles. The van der Waals surface area contributed by atoms with Crippen molar-refractivity contribution in [3.05, 3.63) is 0 Å². The van der Waals surface area contributed by atoms with Crippen LogP contribution in [0.3, 0.4) is 0 Å². The van der Waals surface area contributed by atoms with E-state index in [-0.39, 0.29) is 13.1 Å². The molecule has 12 nitrogen and oxygen atoms in total. The summed E-state index contributed by atoms with van der Waals surface area (Å²) in [5.41, 5.74) is 0. The molecule has 0 radical (unpaired) electrons. The van der Waals surface area contributed by atoms with Crippen LogP contribution in [0.15, 0.2) is 0 Å². The molecule has 0 bridgehead atoms. The molecular weight excluding hydrogens is 412 g/mol. The van der Waals surface area contributed by atoms with Gasteiger partial charge in [0.05, 0.1) is 32.2 Å². The Kier molecular flexibility index (Phi) is 15.5. The van der Waals surface area contributed by atoms with E-state index in [2.05, 4.69) is 6.07 Å². The van der Waals surface area contributed by atoms with Gasteiger partial charge in [-0.15, -0.1) is 0 Å². The van der Waals surface area contributed by atoms with E-state index < -0.39 is 50.1 Å². The van der Waals surface area contributed by atoms with E-state index in [4.69, 9.17) is 25.7 Å². The summed E-state index contributed by atoms with van der Waals surface area (Å²) < 4.78 is 0. The minimum absolute atomic E-state index is 0.185. The molecule has 176 valence electrons. The third-order valence-electron chi connectivity index (χ3n) is 4.41. The molecule has 31 heavy (non-hydrogen) atoms. The number of carboxylic acids is 4. The molecule has 0 amide bonds. The van der Waals surface area contributed by atoms with Gasteiger partial charge < -0.3 is 25.3 Å². The fourth-order valence-electron chi connectivity index (χ4n) is 2.99. The Bertz CT molecular complexity index is 551. The first kappa shape index (κ1) is 28.2. The van der Waals surface area contributed by atoms with E-state index >= 15 is 0 Å². The Hall–Kier alpha value is -2.75. The van der Waals surface area contributed by atoms with Gasteiger partial charge in [-0.1, -0.05) is 12.8 Å². The van der Waals surface area contributed by atoms with Crippen molar-refractivity contribution < 1.29 is 39.6 Å². The van der Waals surface area contributed by atoms with Crippen molar-refractivity contribution in [2.24, 2.45) is 0 Å². The van der Waals surface area contributed by atoms with Gasteiger partial charge in [0, 0.05) is 32.6 Å². The second-order valence-electron chi connectivity index (χ2n) is 7.16. The van der Waals surface area contributed by atoms with Crippen molar-refractivity contribution >= 4 is 23.9 Å². The molecule has 0 rings (SSSR count). The number of carboxylic acid groups (broad SMARTS) is 4. The van der Waals surface area contributed by atoms with Gasteiger partial charge in [-0.05, 0) is 19.4 Å². The summed E-state index contributed by atoms with van der Waals surface area (Å²) in [7, 11) is 0. The zero-order valence-corrected chi connectivity index (χ0v) is 17.6. The average molecular weight is 444 g/mol. The Morgan fingerprint density at radius 3 is 1.26 bits per heavy atom. The van der Waals surface area contributed by atoms with Crippen LogP contribution in [0.1, 0.15) is 32.1 Å². The molecule has 0 aromatic heterocycles. The number of carbonyl (C=O) groups is 4. The van der Waals surface area contributed by atoms with Crippen LogP contribution in [0, 0.1) is 11.3 Å². The summed E-state index contributed by atoms with van der Waals surface area (Å²) in [5.74, 6) is -4.56. The molecule has 12 heteroatoms. The normalized spacial score (nSPS) is 11.0. The molecule has 0 spiro atoms. The highest BCUT2D eigenvalue weighted by Gasteiger charge is 2.18. The van der Waals surface area contributed by atoms with Gasteiger partial charge in [-0.2, -0.15) is 5.26 Å². The van der Waals surface area contributed by atoms with E-state index in [0.717, 1.165) is 25.7 Å². The lowest BCUT2D eigenvalue weighted by Gasteiger charge is -2.28. The summed E-state index contributed by atoms with van der Waals surface area (Å²) in [6.07, 6.45) is 3.84. The predicted octanol–water partition coefficient (Wildman–Crippen LogP) is -0.295. The highest BCUT2D eigenvalue weighted by Crippen LogP contribution is 2.05. The molecule has 0 atom stereocenters. The maximum absolute atomic E-state index is 11.0. The van der Waals surface area contributed by atoms with Crippen LogP contribution in [-0.2, 0) is 19.2 Å². The molecule has 0 aliphatic heterocycles. The lowest BCUT2D eigenvalue weighted by Crippen LogP contribution is -2.44. The molecule has 0 aromatic carbocycles. The van der Waals surface area contributed by atoms with E-state index in [1.807, 2.05) is 4.90 Å². The van der Waals surface area contributed by atoms with E-state index in [0.29, 0.717) is 26.1 Å². The van der Waals surface area contributed by atoms with E-state index in [1.165, 1.54) is 9.80 Å². The lowest BCUT2D eigenvalue weighted by molar-refractivity contribution is -0.143. The largest absolute Gasteiger partial charge is 0.480 e. The molecular formula is C19H32N4O8. The van der Waals surface area contributed by atoms with Crippen molar-refractivity contribution in [2.45, 2.75) is 32.1 Å². The van der Waals surface area contributed by atoms with Gasteiger partial charge in [0.15, 0.2) is 0 Å². The fraction of sp³-hybridized carbons (Fsp3) is 0.737. The fourth-order valence-corrected chi connectivity index (χ4v) is 2.99. The van der Waals surface area contributed by atoms with Gasteiger partial charge in [0.25, 0.3) is 0 Å². The third-order valence-corrected chi connectivity index (χ3v) is 4.41. The van der Waals surface area contributed by atoms with Crippen molar-refractivity contribution in [3.8, 4) is 6.07 Å². The third kappa shape index (κ3) is 17.8. The summed E-state index contributed by atoms with van der Waals surface area (Å²) in [6.45, 7) is 0.0115. The van der Waals surface area contributed by atoms with Crippen molar-refractivity contribution in [1.29, 1.82) is 5.26 Å². The standard InChI is InChI=1S/C19H32N4O8/c20-6-4-2-1-3-5-7-21(8-10-22(12-16(24)25)13-17(26)27)9-11-23(14-18(28)29)15-19(30)31/h1-5,7-15H2,(H,24,25)(H,26,27)(H,28,29)(H,30,31). The number of nitriles is 1. The first-order valence-electron chi connectivity index (χ1n) is 10.0. The molecule has 0 saturated heterocycles. The number of aliphatic carboxylic acids is 4. The number of hydrogen-bond donors (Lipinski definition) is 4. The zero-order valence-electron chi connectivity index (χ0n) is 17.6. The SMILES string of the molecule is N#CCCCCCCN(CCN(CC(=O)O)CC(=O)O)CCN(CC(=O)O)CC(=O)O. The maximum atomic E-state index is 11.0. The first-order chi connectivity index (χ1) is 14.6. The summed E-state index contributed by atoms with van der Waals surface area (Å²) in [6, 6.07) is 2.08. The molecule has 0 aliphatic rings. The molecule has 0 fully saturated rings. The van der Waals surface area contributed by atoms with Crippen molar-refractivity contribution in [3.63, 3.8) is 0 Å². The lowest BCUT2D eigenvalue weighted by atomic mass is 10.1. The monoisotopic (exact) mass is 444 g/mol. The van der Waals surface area contributed by atoms with Crippen LogP contribution >= 0.6 is 0 Å². The van der Waals surface area contributed by atoms with Crippen molar-refractivity contribution in [2.75, 3.05) is 58.9 Å². The van der Waals surface area contributed by atoms with Gasteiger partial charge >= 0.3 is 23.9 Å². The first-order valence-corrected chi connectivity index (χ1v) is 10.0. The van der Waals surface area contributed by atoms with Crippen LogP contribution in [0.4, 0.5) is 0 Å². The smallest absolute Gasteiger partial charge is 0.317 e. The van der Waals surface area contributed by atoms with Gasteiger partial charge in [-0.25, -0.2) is 0 Å². The Labute approximate surface area is 181 Å². The topological polar surface area (TPSA) is 183 Å². The number of rotatable bonds is 20. The Morgan fingerprint density at radius 2 is 0.903 bits per heavy atom.